The van der Waals surface area contributed by atoms with Gasteiger partial charge in [0.1, 0.15) is 0 Å². The number of aromatic nitrogens is 3. The molecule has 0 fully saturated rings. The molecule has 0 saturated heterocycles. The largest absolute Gasteiger partial charge is 0.377 e. The SMILES string of the molecule is Cc1c(C#N)cccc1[C@@H](C)Nc1nnc(C)c2ncc(C3=CCOCC3)cc12. The molecule has 0 spiro atoms. The fourth-order valence-electron chi connectivity index (χ4n) is 3.76. The van der Waals surface area contributed by atoms with Gasteiger partial charge in [0.05, 0.1) is 42.1 Å². The molecule has 0 saturated carbocycles. The zero-order valence-corrected chi connectivity index (χ0v) is 16.9. The van der Waals surface area contributed by atoms with Crippen molar-refractivity contribution in [2.45, 2.75) is 33.2 Å². The first-order chi connectivity index (χ1) is 14.1. The molecule has 0 unspecified atom stereocenters. The summed E-state index contributed by atoms with van der Waals surface area (Å²) in [6.07, 6.45) is 4.90. The molecule has 1 N–H and O–H groups in total. The van der Waals surface area contributed by atoms with E-state index >= 15 is 0 Å². The highest BCUT2D eigenvalue weighted by molar-refractivity contribution is 5.92. The van der Waals surface area contributed by atoms with Crippen LogP contribution in [0, 0.1) is 25.2 Å². The Morgan fingerprint density at radius 3 is 2.86 bits per heavy atom. The summed E-state index contributed by atoms with van der Waals surface area (Å²) >= 11 is 0. The number of nitrogens with zero attached hydrogens (tertiary/aromatic N) is 4. The summed E-state index contributed by atoms with van der Waals surface area (Å²) in [6, 6.07) is 10.1. The van der Waals surface area contributed by atoms with Crippen molar-refractivity contribution in [3.63, 3.8) is 0 Å². The summed E-state index contributed by atoms with van der Waals surface area (Å²) in [4.78, 5) is 4.67. The van der Waals surface area contributed by atoms with Crippen molar-refractivity contribution in [1.29, 1.82) is 5.26 Å². The predicted octanol–water partition coefficient (Wildman–Crippen LogP) is 4.49. The molecule has 6 nitrogen and oxygen atoms in total. The van der Waals surface area contributed by atoms with Crippen molar-refractivity contribution in [2.75, 3.05) is 18.5 Å². The van der Waals surface area contributed by atoms with Crippen LogP contribution in [0.1, 0.15) is 47.3 Å². The Balaban J connectivity index is 1.74. The average Bonchev–Trinajstić information content (AvgIpc) is 2.76. The highest BCUT2D eigenvalue weighted by Gasteiger charge is 2.16. The Morgan fingerprint density at radius 2 is 2.10 bits per heavy atom. The van der Waals surface area contributed by atoms with E-state index in [1.165, 1.54) is 5.57 Å². The molecule has 1 aromatic carbocycles. The predicted molar refractivity (Wildman–Crippen MR) is 113 cm³/mol. The van der Waals surface area contributed by atoms with Gasteiger partial charge in [0, 0.05) is 11.6 Å². The highest BCUT2D eigenvalue weighted by atomic mass is 16.5. The van der Waals surface area contributed by atoms with Crippen molar-refractivity contribution in [3.05, 3.63) is 64.5 Å². The molecule has 3 aromatic rings. The lowest BCUT2D eigenvalue weighted by atomic mass is 9.98. The van der Waals surface area contributed by atoms with Crippen molar-refractivity contribution in [3.8, 4) is 6.07 Å². The third-order valence-electron chi connectivity index (χ3n) is 5.44. The van der Waals surface area contributed by atoms with Gasteiger partial charge in [0.15, 0.2) is 5.82 Å². The molecular formula is C23H23N5O. The minimum atomic E-state index is -0.0329. The Kier molecular flexibility index (Phi) is 5.24. The monoisotopic (exact) mass is 385 g/mol. The number of benzene rings is 1. The first kappa shape index (κ1) is 19.0. The van der Waals surface area contributed by atoms with E-state index in [9.17, 15) is 5.26 Å². The number of hydrogen-bond donors (Lipinski definition) is 1. The Bertz CT molecular complexity index is 1150. The molecule has 1 aliphatic rings. The molecule has 29 heavy (non-hydrogen) atoms. The van der Waals surface area contributed by atoms with Gasteiger partial charge >= 0.3 is 0 Å². The van der Waals surface area contributed by atoms with Crippen LogP contribution >= 0.6 is 0 Å². The topological polar surface area (TPSA) is 83.7 Å². The quantitative estimate of drug-likeness (QED) is 0.712. The molecule has 0 amide bonds. The minimum absolute atomic E-state index is 0.0329. The smallest absolute Gasteiger partial charge is 0.158 e. The molecule has 146 valence electrons. The third kappa shape index (κ3) is 3.69. The number of fused-ring (bicyclic) bond motifs is 1. The number of ether oxygens (including phenoxy) is 1. The van der Waals surface area contributed by atoms with E-state index in [1.54, 1.807) is 0 Å². The van der Waals surface area contributed by atoms with Gasteiger partial charge in [-0.25, -0.2) is 0 Å². The lowest BCUT2D eigenvalue weighted by Crippen LogP contribution is -2.12. The van der Waals surface area contributed by atoms with Crippen molar-refractivity contribution < 1.29 is 4.74 Å². The van der Waals surface area contributed by atoms with Crippen LogP contribution in [0.5, 0.6) is 0 Å². The van der Waals surface area contributed by atoms with Crippen LogP contribution in [0.3, 0.4) is 0 Å². The maximum atomic E-state index is 9.33. The zero-order valence-electron chi connectivity index (χ0n) is 16.9. The summed E-state index contributed by atoms with van der Waals surface area (Å²) in [5, 5.41) is 22.5. The van der Waals surface area contributed by atoms with Gasteiger partial charge < -0.3 is 10.1 Å². The van der Waals surface area contributed by atoms with Crippen LogP contribution in [-0.4, -0.2) is 28.4 Å². The lowest BCUT2D eigenvalue weighted by molar-refractivity contribution is 0.161. The summed E-state index contributed by atoms with van der Waals surface area (Å²) in [5.74, 6) is 0.696. The summed E-state index contributed by atoms with van der Waals surface area (Å²) in [7, 11) is 0. The summed E-state index contributed by atoms with van der Waals surface area (Å²) < 4.78 is 5.43. The molecule has 3 heterocycles. The van der Waals surface area contributed by atoms with Gasteiger partial charge in [-0.15, -0.1) is 5.10 Å². The van der Waals surface area contributed by atoms with Crippen molar-refractivity contribution in [1.82, 2.24) is 15.2 Å². The molecule has 6 heteroatoms. The van der Waals surface area contributed by atoms with E-state index in [0.29, 0.717) is 18.0 Å². The highest BCUT2D eigenvalue weighted by Crippen LogP contribution is 2.30. The van der Waals surface area contributed by atoms with Gasteiger partial charge in [-0.05, 0) is 61.6 Å². The Labute approximate surface area is 170 Å². The zero-order chi connectivity index (χ0) is 20.4. The van der Waals surface area contributed by atoms with Crippen LogP contribution in [0.2, 0.25) is 0 Å². The molecule has 0 aliphatic carbocycles. The number of nitrogens with one attached hydrogen (secondary N) is 1. The number of pyridine rings is 1. The van der Waals surface area contributed by atoms with Crippen LogP contribution in [0.15, 0.2) is 36.5 Å². The number of anilines is 1. The second-order valence-corrected chi connectivity index (χ2v) is 7.31. The van der Waals surface area contributed by atoms with Crippen molar-refractivity contribution >= 4 is 22.3 Å². The first-order valence-electron chi connectivity index (χ1n) is 9.75. The van der Waals surface area contributed by atoms with Gasteiger partial charge in [-0.3, -0.25) is 4.98 Å². The van der Waals surface area contributed by atoms with Gasteiger partial charge in [0.25, 0.3) is 0 Å². The first-order valence-corrected chi connectivity index (χ1v) is 9.75. The maximum Gasteiger partial charge on any atom is 0.158 e. The standard InChI is InChI=1S/C23H23N5O/c1-14-18(12-24)5-4-6-20(14)15(2)26-23-21-11-19(17-7-9-29-10-8-17)13-25-22(21)16(3)27-28-23/h4-7,11,13,15H,8-10H2,1-3H3,(H,26,28)/t15-/m1/s1. The van der Waals surface area contributed by atoms with Gasteiger partial charge in [-0.2, -0.15) is 10.4 Å². The minimum Gasteiger partial charge on any atom is -0.377 e. The number of hydrogen-bond acceptors (Lipinski definition) is 6. The molecule has 1 aliphatic heterocycles. The Hall–Kier alpha value is -3.30. The van der Waals surface area contributed by atoms with E-state index in [0.717, 1.165) is 46.3 Å². The molecule has 1 atom stereocenters. The Morgan fingerprint density at radius 1 is 1.24 bits per heavy atom. The normalized spacial score (nSPS) is 14.9. The average molecular weight is 385 g/mol. The second kappa shape index (κ2) is 7.98. The lowest BCUT2D eigenvalue weighted by Gasteiger charge is -2.19. The molecule has 0 bridgehead atoms. The fourth-order valence-corrected chi connectivity index (χ4v) is 3.76. The number of aryl methyl sites for hydroxylation is 1. The molecular weight excluding hydrogens is 362 g/mol. The molecule has 0 radical (unpaired) electrons. The molecule has 4 rings (SSSR count). The number of nitriles is 1. The van der Waals surface area contributed by atoms with E-state index in [2.05, 4.69) is 45.6 Å². The summed E-state index contributed by atoms with van der Waals surface area (Å²) in [5.41, 5.74) is 6.71. The van der Waals surface area contributed by atoms with Crippen LogP contribution in [-0.2, 0) is 4.74 Å². The second-order valence-electron chi connectivity index (χ2n) is 7.31. The van der Waals surface area contributed by atoms with E-state index in [4.69, 9.17) is 4.74 Å². The van der Waals surface area contributed by atoms with Crippen LogP contribution in [0.25, 0.3) is 16.5 Å². The van der Waals surface area contributed by atoms with Crippen molar-refractivity contribution in [2.24, 2.45) is 0 Å². The third-order valence-corrected chi connectivity index (χ3v) is 5.44. The van der Waals surface area contributed by atoms with Gasteiger partial charge in [-0.1, -0.05) is 18.2 Å². The fraction of sp³-hybridized carbons (Fsp3) is 0.304. The van der Waals surface area contributed by atoms with E-state index < -0.39 is 0 Å². The summed E-state index contributed by atoms with van der Waals surface area (Å²) in [6.45, 7) is 7.33. The van der Waals surface area contributed by atoms with E-state index in [1.807, 2.05) is 38.2 Å². The van der Waals surface area contributed by atoms with Crippen LogP contribution < -0.4 is 5.32 Å². The van der Waals surface area contributed by atoms with Gasteiger partial charge in [0.2, 0.25) is 0 Å². The molecule has 2 aromatic heterocycles. The number of rotatable bonds is 4. The maximum absolute atomic E-state index is 9.33. The van der Waals surface area contributed by atoms with E-state index in [-0.39, 0.29) is 6.04 Å². The van der Waals surface area contributed by atoms with Crippen LogP contribution in [0.4, 0.5) is 5.82 Å².